The maximum atomic E-state index is 10.0. The van der Waals surface area contributed by atoms with Crippen molar-refractivity contribution in [3.8, 4) is 11.1 Å². The zero-order valence-electron chi connectivity index (χ0n) is 10.9. The van der Waals surface area contributed by atoms with Gasteiger partial charge in [-0.1, -0.05) is 54.9 Å². The first-order valence-corrected chi connectivity index (χ1v) is 6.73. The van der Waals surface area contributed by atoms with Crippen molar-refractivity contribution in [1.29, 1.82) is 0 Å². The van der Waals surface area contributed by atoms with Crippen molar-refractivity contribution in [3.63, 3.8) is 0 Å². The van der Waals surface area contributed by atoms with Gasteiger partial charge in [0.1, 0.15) is 0 Å². The maximum Gasteiger partial charge on any atom is 0.0975 e. The van der Waals surface area contributed by atoms with E-state index in [1.165, 1.54) is 11.6 Å². The Hall–Kier alpha value is -1.57. The quantitative estimate of drug-likeness (QED) is 0.794. The normalized spacial score (nSPS) is 12.2. The van der Waals surface area contributed by atoms with E-state index in [2.05, 4.69) is 37.8 Å². The van der Waals surface area contributed by atoms with Crippen LogP contribution in [0.1, 0.15) is 24.2 Å². The van der Waals surface area contributed by atoms with Crippen LogP contribution in [0.5, 0.6) is 0 Å². The molecule has 0 spiro atoms. The molecule has 0 radical (unpaired) electrons. The van der Waals surface area contributed by atoms with Crippen LogP contribution in [-0.4, -0.2) is 5.11 Å². The molecule has 0 saturated heterocycles. The molecule has 1 unspecified atom stereocenters. The Labute approximate surface area is 119 Å². The molecule has 0 aliphatic heterocycles. The van der Waals surface area contributed by atoms with Crippen molar-refractivity contribution in [2.75, 3.05) is 0 Å². The van der Waals surface area contributed by atoms with Crippen molar-refractivity contribution in [1.82, 2.24) is 0 Å². The lowest BCUT2D eigenvalue weighted by Crippen LogP contribution is -1.96. The molecular formula is C17H17ClO. The van der Waals surface area contributed by atoms with E-state index in [-0.39, 0.29) is 0 Å². The maximum absolute atomic E-state index is 10.0. The molecule has 19 heavy (non-hydrogen) atoms. The molecule has 2 rings (SSSR count). The Bertz CT molecular complexity index is 572. The third-order valence-corrected chi connectivity index (χ3v) is 3.47. The highest BCUT2D eigenvalue weighted by Crippen LogP contribution is 2.31. The third-order valence-electron chi connectivity index (χ3n) is 3.23. The average molecular weight is 273 g/mol. The summed E-state index contributed by atoms with van der Waals surface area (Å²) in [6.07, 6.45) is 1.85. The first-order valence-electron chi connectivity index (χ1n) is 6.35. The lowest BCUT2D eigenvalue weighted by Gasteiger charge is -2.13. The molecule has 0 heterocycles. The Morgan fingerprint density at radius 3 is 2.47 bits per heavy atom. The van der Waals surface area contributed by atoms with Crippen LogP contribution in [0.15, 0.2) is 55.1 Å². The van der Waals surface area contributed by atoms with Crippen LogP contribution in [0.3, 0.4) is 0 Å². The summed E-state index contributed by atoms with van der Waals surface area (Å²) >= 11 is 6.07. The van der Waals surface area contributed by atoms with Gasteiger partial charge in [0.15, 0.2) is 0 Å². The van der Waals surface area contributed by atoms with Gasteiger partial charge < -0.3 is 5.11 Å². The molecule has 0 aliphatic carbocycles. The van der Waals surface area contributed by atoms with E-state index in [0.717, 1.165) is 23.1 Å². The second-order valence-corrected chi connectivity index (χ2v) is 4.90. The Kier molecular flexibility index (Phi) is 4.41. The molecular weight excluding hydrogens is 256 g/mol. The van der Waals surface area contributed by atoms with Crippen LogP contribution in [0.4, 0.5) is 0 Å². The number of hydrogen-bond donors (Lipinski definition) is 1. The smallest absolute Gasteiger partial charge is 0.0975 e. The minimum absolute atomic E-state index is 0.662. The van der Waals surface area contributed by atoms with Gasteiger partial charge in [-0.25, -0.2) is 0 Å². The van der Waals surface area contributed by atoms with Crippen LogP contribution in [0, 0.1) is 0 Å². The largest absolute Gasteiger partial charge is 0.384 e. The van der Waals surface area contributed by atoms with Crippen LogP contribution in [0.2, 0.25) is 5.02 Å². The van der Waals surface area contributed by atoms with Crippen LogP contribution in [0.25, 0.3) is 11.1 Å². The number of rotatable bonds is 4. The lowest BCUT2D eigenvalue weighted by molar-refractivity contribution is 0.229. The second kappa shape index (κ2) is 6.05. The highest BCUT2D eigenvalue weighted by atomic mass is 35.5. The minimum atomic E-state index is -0.682. The number of aryl methyl sites for hydroxylation is 1. The molecule has 1 atom stereocenters. The molecule has 0 saturated carbocycles. The van der Waals surface area contributed by atoms with Gasteiger partial charge in [-0.2, -0.15) is 0 Å². The highest BCUT2D eigenvalue weighted by Gasteiger charge is 2.11. The zero-order valence-corrected chi connectivity index (χ0v) is 11.7. The van der Waals surface area contributed by atoms with Gasteiger partial charge in [0, 0.05) is 5.02 Å². The summed E-state index contributed by atoms with van der Waals surface area (Å²) in [7, 11) is 0. The predicted molar refractivity (Wildman–Crippen MR) is 81.4 cm³/mol. The topological polar surface area (TPSA) is 20.2 Å². The van der Waals surface area contributed by atoms with E-state index < -0.39 is 6.10 Å². The number of benzene rings is 2. The standard InChI is InChI=1S/C17H17ClO/c1-3-12-5-7-13(8-6-12)16-11-14(18)9-10-15(16)17(19)4-2/h4-11,17,19H,2-3H2,1H3. The van der Waals surface area contributed by atoms with E-state index in [9.17, 15) is 5.11 Å². The first-order chi connectivity index (χ1) is 9.15. The van der Waals surface area contributed by atoms with E-state index in [4.69, 9.17) is 11.6 Å². The summed E-state index contributed by atoms with van der Waals surface area (Å²) in [6, 6.07) is 13.8. The minimum Gasteiger partial charge on any atom is -0.384 e. The van der Waals surface area contributed by atoms with E-state index in [0.29, 0.717) is 5.02 Å². The summed E-state index contributed by atoms with van der Waals surface area (Å²) in [4.78, 5) is 0. The van der Waals surface area contributed by atoms with Crippen molar-refractivity contribution in [2.24, 2.45) is 0 Å². The summed E-state index contributed by atoms with van der Waals surface area (Å²) in [5.74, 6) is 0. The van der Waals surface area contributed by atoms with E-state index >= 15 is 0 Å². The first kappa shape index (κ1) is 13.9. The number of hydrogen-bond acceptors (Lipinski definition) is 1. The van der Waals surface area contributed by atoms with Gasteiger partial charge in [-0.15, -0.1) is 6.58 Å². The number of aliphatic hydroxyl groups is 1. The molecule has 0 aromatic heterocycles. The monoisotopic (exact) mass is 272 g/mol. The van der Waals surface area contributed by atoms with Crippen molar-refractivity contribution >= 4 is 11.6 Å². The molecule has 98 valence electrons. The molecule has 0 amide bonds. The summed E-state index contributed by atoms with van der Waals surface area (Å²) in [5.41, 5.74) is 4.11. The molecule has 2 aromatic rings. The Morgan fingerprint density at radius 2 is 1.89 bits per heavy atom. The predicted octanol–water partition coefficient (Wildman–Crippen LogP) is 4.79. The molecule has 0 bridgehead atoms. The molecule has 1 N–H and O–H groups in total. The molecule has 2 heteroatoms. The van der Waals surface area contributed by atoms with Crippen molar-refractivity contribution in [3.05, 3.63) is 71.3 Å². The fraction of sp³-hybridized carbons (Fsp3) is 0.176. The van der Waals surface area contributed by atoms with Crippen LogP contribution < -0.4 is 0 Å². The van der Waals surface area contributed by atoms with E-state index in [1.54, 1.807) is 6.07 Å². The van der Waals surface area contributed by atoms with Gasteiger partial charge >= 0.3 is 0 Å². The van der Waals surface area contributed by atoms with Crippen LogP contribution >= 0.6 is 11.6 Å². The highest BCUT2D eigenvalue weighted by molar-refractivity contribution is 6.30. The van der Waals surface area contributed by atoms with Gasteiger partial charge in [0.2, 0.25) is 0 Å². The Balaban J connectivity index is 2.52. The number of halogens is 1. The van der Waals surface area contributed by atoms with Gasteiger partial charge in [-0.3, -0.25) is 0 Å². The molecule has 0 fully saturated rings. The van der Waals surface area contributed by atoms with Gasteiger partial charge in [0.05, 0.1) is 6.10 Å². The van der Waals surface area contributed by atoms with Crippen molar-refractivity contribution < 1.29 is 5.11 Å². The molecule has 1 nitrogen and oxygen atoms in total. The fourth-order valence-electron chi connectivity index (χ4n) is 2.08. The number of aliphatic hydroxyl groups excluding tert-OH is 1. The fourth-order valence-corrected chi connectivity index (χ4v) is 2.26. The van der Waals surface area contributed by atoms with Gasteiger partial charge in [0.25, 0.3) is 0 Å². The molecule has 2 aromatic carbocycles. The average Bonchev–Trinajstić information content (AvgIpc) is 2.46. The third kappa shape index (κ3) is 3.06. The SMILES string of the molecule is C=CC(O)c1ccc(Cl)cc1-c1ccc(CC)cc1. The van der Waals surface area contributed by atoms with E-state index in [1.807, 2.05) is 12.1 Å². The Morgan fingerprint density at radius 1 is 1.21 bits per heavy atom. The zero-order chi connectivity index (χ0) is 13.8. The van der Waals surface area contributed by atoms with Gasteiger partial charge in [-0.05, 0) is 40.8 Å². The summed E-state index contributed by atoms with van der Waals surface area (Å²) in [6.45, 7) is 5.76. The lowest BCUT2D eigenvalue weighted by atomic mass is 9.95. The van der Waals surface area contributed by atoms with Crippen molar-refractivity contribution in [2.45, 2.75) is 19.4 Å². The van der Waals surface area contributed by atoms with Crippen LogP contribution in [-0.2, 0) is 6.42 Å². The molecule has 0 aliphatic rings. The summed E-state index contributed by atoms with van der Waals surface area (Å²) in [5, 5.41) is 10.7. The summed E-state index contributed by atoms with van der Waals surface area (Å²) < 4.78 is 0. The second-order valence-electron chi connectivity index (χ2n) is 4.46.